The summed E-state index contributed by atoms with van der Waals surface area (Å²) in [5, 5.41) is 0. The smallest absolute Gasteiger partial charge is 0.240 e. The molecule has 0 spiro atoms. The highest BCUT2D eigenvalue weighted by Crippen LogP contribution is 2.26. The van der Waals surface area contributed by atoms with Crippen molar-refractivity contribution in [3.05, 3.63) is 29.8 Å². The molecule has 1 aromatic rings. The average molecular weight is 192 g/mol. The van der Waals surface area contributed by atoms with E-state index in [-0.39, 0.29) is 11.8 Å². The molecule has 2 rings (SSSR count). The van der Waals surface area contributed by atoms with Crippen molar-refractivity contribution in [1.82, 2.24) is 5.43 Å². The number of ether oxygens (including phenoxy) is 1. The minimum atomic E-state index is -0.171. The third-order valence-corrected chi connectivity index (χ3v) is 2.39. The second-order valence-electron chi connectivity index (χ2n) is 3.33. The number of para-hydroxylation sites is 1. The maximum absolute atomic E-state index is 11.3. The molecule has 0 aromatic heterocycles. The summed E-state index contributed by atoms with van der Waals surface area (Å²) in [5.41, 5.74) is 3.21. The first-order chi connectivity index (χ1) is 6.81. The summed E-state index contributed by atoms with van der Waals surface area (Å²) in [4.78, 5) is 11.3. The van der Waals surface area contributed by atoms with Crippen LogP contribution >= 0.6 is 0 Å². The molecule has 14 heavy (non-hydrogen) atoms. The maximum Gasteiger partial charge on any atom is 0.240 e. The molecule has 0 fully saturated rings. The van der Waals surface area contributed by atoms with E-state index in [4.69, 9.17) is 10.6 Å². The molecule has 0 unspecified atom stereocenters. The van der Waals surface area contributed by atoms with Crippen molar-refractivity contribution in [2.75, 3.05) is 6.61 Å². The van der Waals surface area contributed by atoms with E-state index in [0.29, 0.717) is 13.0 Å². The summed E-state index contributed by atoms with van der Waals surface area (Å²) < 4.78 is 5.44. The first-order valence-corrected chi connectivity index (χ1v) is 4.52. The molecule has 74 valence electrons. The van der Waals surface area contributed by atoms with Gasteiger partial charge in [0, 0.05) is 0 Å². The van der Waals surface area contributed by atoms with Gasteiger partial charge < -0.3 is 4.74 Å². The Hall–Kier alpha value is -1.55. The van der Waals surface area contributed by atoms with Gasteiger partial charge in [0.15, 0.2) is 0 Å². The predicted octanol–water partition coefficient (Wildman–Crippen LogP) is 0.228. The third kappa shape index (κ3) is 1.56. The van der Waals surface area contributed by atoms with E-state index in [1.165, 1.54) is 0 Å². The zero-order chi connectivity index (χ0) is 9.97. The van der Waals surface area contributed by atoms with Crippen molar-refractivity contribution in [1.29, 1.82) is 0 Å². The SMILES string of the molecule is NNC(=O)[C@@H]1COc2ccccc2C1. The molecule has 4 heteroatoms. The Morgan fingerprint density at radius 2 is 2.29 bits per heavy atom. The van der Waals surface area contributed by atoms with Gasteiger partial charge in [0.2, 0.25) is 5.91 Å². The van der Waals surface area contributed by atoms with Crippen LogP contribution in [0.3, 0.4) is 0 Å². The number of nitrogens with two attached hydrogens (primary N) is 1. The zero-order valence-electron chi connectivity index (χ0n) is 7.69. The summed E-state index contributed by atoms with van der Waals surface area (Å²) in [6.45, 7) is 0.403. The van der Waals surface area contributed by atoms with Crippen LogP contribution in [-0.4, -0.2) is 12.5 Å². The number of carbonyl (C=O) groups is 1. The van der Waals surface area contributed by atoms with Gasteiger partial charge in [0.1, 0.15) is 12.4 Å². The van der Waals surface area contributed by atoms with Gasteiger partial charge in [-0.25, -0.2) is 5.84 Å². The number of hydrogen-bond acceptors (Lipinski definition) is 3. The van der Waals surface area contributed by atoms with Crippen LogP contribution in [0, 0.1) is 5.92 Å². The molecule has 1 aliphatic heterocycles. The maximum atomic E-state index is 11.3. The number of hydrazine groups is 1. The minimum absolute atomic E-state index is 0.167. The van der Waals surface area contributed by atoms with Crippen molar-refractivity contribution in [3.8, 4) is 5.75 Å². The quantitative estimate of drug-likeness (QED) is 0.380. The lowest BCUT2D eigenvalue weighted by Gasteiger charge is -2.23. The normalized spacial score (nSPS) is 19.4. The van der Waals surface area contributed by atoms with Crippen LogP contribution in [0.2, 0.25) is 0 Å². The molecule has 1 atom stereocenters. The van der Waals surface area contributed by atoms with E-state index in [2.05, 4.69) is 5.43 Å². The molecule has 0 saturated heterocycles. The van der Waals surface area contributed by atoms with Crippen LogP contribution in [0.1, 0.15) is 5.56 Å². The lowest BCUT2D eigenvalue weighted by Crippen LogP contribution is -2.40. The second-order valence-corrected chi connectivity index (χ2v) is 3.33. The summed E-state index contributed by atoms with van der Waals surface area (Å²) in [6.07, 6.45) is 0.694. The molecular weight excluding hydrogens is 180 g/mol. The van der Waals surface area contributed by atoms with Crippen molar-refractivity contribution < 1.29 is 9.53 Å². The molecule has 1 heterocycles. The van der Waals surface area contributed by atoms with Crippen LogP contribution in [0.4, 0.5) is 0 Å². The first-order valence-electron chi connectivity index (χ1n) is 4.52. The van der Waals surface area contributed by atoms with Crippen molar-refractivity contribution in [2.45, 2.75) is 6.42 Å². The summed E-state index contributed by atoms with van der Waals surface area (Å²) in [6, 6.07) is 7.73. The van der Waals surface area contributed by atoms with Crippen LogP contribution < -0.4 is 16.0 Å². The van der Waals surface area contributed by atoms with E-state index in [9.17, 15) is 4.79 Å². The minimum Gasteiger partial charge on any atom is -0.492 e. The van der Waals surface area contributed by atoms with Gasteiger partial charge in [-0.1, -0.05) is 18.2 Å². The number of nitrogens with one attached hydrogen (secondary N) is 1. The fourth-order valence-electron chi connectivity index (χ4n) is 1.61. The van der Waals surface area contributed by atoms with Crippen LogP contribution in [-0.2, 0) is 11.2 Å². The van der Waals surface area contributed by atoms with Crippen LogP contribution in [0.25, 0.3) is 0 Å². The number of rotatable bonds is 1. The van der Waals surface area contributed by atoms with Crippen LogP contribution in [0.15, 0.2) is 24.3 Å². The highest BCUT2D eigenvalue weighted by molar-refractivity contribution is 5.78. The summed E-state index contributed by atoms with van der Waals surface area (Å²) in [5.74, 6) is 5.60. The fourth-order valence-corrected chi connectivity index (χ4v) is 1.61. The standard InChI is InChI=1S/C10H12N2O2/c11-12-10(13)8-5-7-3-1-2-4-9(7)14-6-8/h1-4,8H,5-6,11H2,(H,12,13)/t8-/m0/s1. The predicted molar refractivity (Wildman–Crippen MR) is 51.5 cm³/mol. The topological polar surface area (TPSA) is 64.3 Å². The van der Waals surface area contributed by atoms with Gasteiger partial charge in [-0.2, -0.15) is 0 Å². The molecular formula is C10H12N2O2. The van der Waals surface area contributed by atoms with E-state index in [1.54, 1.807) is 0 Å². The highest BCUT2D eigenvalue weighted by Gasteiger charge is 2.24. The Morgan fingerprint density at radius 3 is 3.07 bits per heavy atom. The molecule has 1 amide bonds. The van der Waals surface area contributed by atoms with E-state index in [0.717, 1.165) is 11.3 Å². The molecule has 4 nitrogen and oxygen atoms in total. The lowest BCUT2D eigenvalue weighted by atomic mass is 9.96. The molecule has 0 saturated carbocycles. The van der Waals surface area contributed by atoms with E-state index < -0.39 is 0 Å². The number of fused-ring (bicyclic) bond motifs is 1. The van der Waals surface area contributed by atoms with Crippen molar-refractivity contribution in [3.63, 3.8) is 0 Å². The first kappa shape index (κ1) is 9.02. The van der Waals surface area contributed by atoms with E-state index >= 15 is 0 Å². The van der Waals surface area contributed by atoms with Gasteiger partial charge in [-0.15, -0.1) is 0 Å². The monoisotopic (exact) mass is 192 g/mol. The van der Waals surface area contributed by atoms with Gasteiger partial charge in [-0.05, 0) is 18.1 Å². The highest BCUT2D eigenvalue weighted by atomic mass is 16.5. The Kier molecular flexibility index (Phi) is 2.37. The molecule has 0 aliphatic carbocycles. The number of carbonyl (C=O) groups excluding carboxylic acids is 1. The third-order valence-electron chi connectivity index (χ3n) is 2.39. The Bertz CT molecular complexity index is 352. The molecule has 3 N–H and O–H groups in total. The molecule has 0 bridgehead atoms. The van der Waals surface area contributed by atoms with Gasteiger partial charge in [0.05, 0.1) is 5.92 Å². The number of benzene rings is 1. The van der Waals surface area contributed by atoms with Crippen LogP contribution in [0.5, 0.6) is 5.75 Å². The Morgan fingerprint density at radius 1 is 1.50 bits per heavy atom. The van der Waals surface area contributed by atoms with Gasteiger partial charge in [0.25, 0.3) is 0 Å². The lowest BCUT2D eigenvalue weighted by molar-refractivity contribution is -0.126. The Balaban J connectivity index is 2.17. The van der Waals surface area contributed by atoms with Crippen molar-refractivity contribution >= 4 is 5.91 Å². The Labute approximate surface area is 82.0 Å². The number of amides is 1. The molecule has 1 aromatic carbocycles. The zero-order valence-corrected chi connectivity index (χ0v) is 7.69. The number of hydrogen-bond donors (Lipinski definition) is 2. The van der Waals surface area contributed by atoms with Gasteiger partial charge in [-0.3, -0.25) is 10.2 Å². The largest absolute Gasteiger partial charge is 0.492 e. The van der Waals surface area contributed by atoms with E-state index in [1.807, 2.05) is 24.3 Å². The second kappa shape index (κ2) is 3.67. The molecule has 0 radical (unpaired) electrons. The fraction of sp³-hybridized carbons (Fsp3) is 0.300. The summed E-state index contributed by atoms with van der Waals surface area (Å²) >= 11 is 0. The molecule has 1 aliphatic rings. The van der Waals surface area contributed by atoms with Gasteiger partial charge >= 0.3 is 0 Å². The summed E-state index contributed by atoms with van der Waals surface area (Å²) in [7, 11) is 0. The average Bonchev–Trinajstić information content (AvgIpc) is 2.27. The van der Waals surface area contributed by atoms with Crippen molar-refractivity contribution in [2.24, 2.45) is 11.8 Å².